The van der Waals surface area contributed by atoms with E-state index in [-0.39, 0.29) is 11.5 Å². The molecule has 2 rings (SSSR count). The van der Waals surface area contributed by atoms with E-state index in [0.29, 0.717) is 6.61 Å². The van der Waals surface area contributed by atoms with Gasteiger partial charge in [0, 0.05) is 12.0 Å². The summed E-state index contributed by atoms with van der Waals surface area (Å²) >= 11 is 0. The lowest BCUT2D eigenvalue weighted by atomic mass is 9.60. The lowest BCUT2D eigenvalue weighted by Crippen LogP contribution is -2.57. The highest BCUT2D eigenvalue weighted by molar-refractivity contribution is 5.30. The fourth-order valence-electron chi connectivity index (χ4n) is 2.88. The zero-order valence-electron chi connectivity index (χ0n) is 11.2. The number of nitrogens with two attached hydrogens (primary N) is 1. The summed E-state index contributed by atoms with van der Waals surface area (Å²) in [5, 5.41) is 0. The summed E-state index contributed by atoms with van der Waals surface area (Å²) in [6.45, 7) is 3.63. The van der Waals surface area contributed by atoms with Gasteiger partial charge in [0.05, 0.1) is 12.6 Å². The average molecular weight is 248 g/mol. The van der Waals surface area contributed by atoms with Crippen molar-refractivity contribution in [1.82, 2.24) is 5.43 Å². The molecular formula is C15H24N2O. The fourth-order valence-corrected chi connectivity index (χ4v) is 2.88. The maximum absolute atomic E-state index is 5.76. The van der Waals surface area contributed by atoms with E-state index in [1.165, 1.54) is 24.8 Å². The molecule has 3 heteroatoms. The lowest BCUT2D eigenvalue weighted by molar-refractivity contribution is 0.0562. The van der Waals surface area contributed by atoms with Gasteiger partial charge in [0.2, 0.25) is 0 Å². The molecule has 0 saturated heterocycles. The largest absolute Gasteiger partial charge is 0.380 e. The highest BCUT2D eigenvalue weighted by Gasteiger charge is 2.45. The van der Waals surface area contributed by atoms with Crippen LogP contribution < -0.4 is 11.3 Å². The average Bonchev–Trinajstić information content (AvgIpc) is 2.37. The molecule has 1 atom stereocenters. The Morgan fingerprint density at radius 1 is 1.33 bits per heavy atom. The van der Waals surface area contributed by atoms with Gasteiger partial charge in [0.25, 0.3) is 0 Å². The predicted molar refractivity (Wildman–Crippen MR) is 74.2 cm³/mol. The first-order valence-corrected chi connectivity index (χ1v) is 6.93. The van der Waals surface area contributed by atoms with Crippen LogP contribution >= 0.6 is 0 Å². The van der Waals surface area contributed by atoms with Crippen molar-refractivity contribution in [3.8, 4) is 0 Å². The molecule has 0 heterocycles. The van der Waals surface area contributed by atoms with Crippen molar-refractivity contribution < 1.29 is 4.74 Å². The van der Waals surface area contributed by atoms with E-state index in [1.54, 1.807) is 0 Å². The molecule has 3 nitrogen and oxygen atoms in total. The SMILES string of the molecule is CCCOCC(NN)C1(c2ccccc2)CCC1. The van der Waals surface area contributed by atoms with Crippen LogP contribution in [-0.2, 0) is 10.2 Å². The number of hydrazine groups is 1. The lowest BCUT2D eigenvalue weighted by Gasteiger charge is -2.48. The summed E-state index contributed by atoms with van der Waals surface area (Å²) in [6.07, 6.45) is 4.72. The maximum Gasteiger partial charge on any atom is 0.0641 e. The van der Waals surface area contributed by atoms with E-state index in [0.717, 1.165) is 13.0 Å². The molecule has 1 saturated carbocycles. The van der Waals surface area contributed by atoms with E-state index in [4.69, 9.17) is 10.6 Å². The van der Waals surface area contributed by atoms with Gasteiger partial charge in [-0.05, 0) is 24.8 Å². The molecule has 18 heavy (non-hydrogen) atoms. The van der Waals surface area contributed by atoms with E-state index < -0.39 is 0 Å². The molecule has 0 aromatic heterocycles. The van der Waals surface area contributed by atoms with Gasteiger partial charge >= 0.3 is 0 Å². The molecule has 1 aromatic rings. The normalized spacial score (nSPS) is 19.2. The van der Waals surface area contributed by atoms with Crippen molar-refractivity contribution in [3.05, 3.63) is 35.9 Å². The summed E-state index contributed by atoms with van der Waals surface area (Å²) in [4.78, 5) is 0. The maximum atomic E-state index is 5.76. The highest BCUT2D eigenvalue weighted by atomic mass is 16.5. The Hall–Kier alpha value is -0.900. The predicted octanol–water partition coefficient (Wildman–Crippen LogP) is 2.37. The molecular weight excluding hydrogens is 224 g/mol. The molecule has 1 aliphatic rings. The van der Waals surface area contributed by atoms with Crippen molar-refractivity contribution >= 4 is 0 Å². The van der Waals surface area contributed by atoms with Crippen LogP contribution in [0.25, 0.3) is 0 Å². The zero-order chi connectivity index (χ0) is 12.8. The Balaban J connectivity index is 2.10. The van der Waals surface area contributed by atoms with Gasteiger partial charge in [-0.25, -0.2) is 0 Å². The summed E-state index contributed by atoms with van der Waals surface area (Å²) in [7, 11) is 0. The van der Waals surface area contributed by atoms with Crippen LogP contribution in [0.2, 0.25) is 0 Å². The number of hydrogen-bond donors (Lipinski definition) is 2. The standard InChI is InChI=1S/C15H24N2O/c1-2-11-18-12-14(17-16)15(9-6-10-15)13-7-4-3-5-8-13/h3-5,7-8,14,17H,2,6,9-12,16H2,1H3. The number of benzene rings is 1. The Morgan fingerprint density at radius 3 is 2.56 bits per heavy atom. The van der Waals surface area contributed by atoms with Gasteiger partial charge in [0.15, 0.2) is 0 Å². The molecule has 1 unspecified atom stereocenters. The molecule has 1 aliphatic carbocycles. The monoisotopic (exact) mass is 248 g/mol. The molecule has 100 valence electrons. The third-order valence-corrected chi connectivity index (χ3v) is 4.10. The van der Waals surface area contributed by atoms with Crippen LogP contribution in [0.5, 0.6) is 0 Å². The third kappa shape index (κ3) is 2.58. The summed E-state index contributed by atoms with van der Waals surface area (Å²) in [5.41, 5.74) is 4.54. The molecule has 0 spiro atoms. The van der Waals surface area contributed by atoms with E-state index in [9.17, 15) is 0 Å². The number of nitrogens with one attached hydrogen (secondary N) is 1. The topological polar surface area (TPSA) is 47.3 Å². The minimum Gasteiger partial charge on any atom is -0.380 e. The van der Waals surface area contributed by atoms with Crippen molar-refractivity contribution in [2.75, 3.05) is 13.2 Å². The van der Waals surface area contributed by atoms with Gasteiger partial charge < -0.3 is 4.74 Å². The Morgan fingerprint density at radius 2 is 2.06 bits per heavy atom. The molecule has 1 fully saturated rings. The Labute approximate surface area is 110 Å². The smallest absolute Gasteiger partial charge is 0.0641 e. The molecule has 0 amide bonds. The van der Waals surface area contributed by atoms with Crippen LogP contribution in [0.4, 0.5) is 0 Å². The van der Waals surface area contributed by atoms with Crippen molar-refractivity contribution in [2.45, 2.75) is 44.1 Å². The number of rotatable bonds is 7. The summed E-state index contributed by atoms with van der Waals surface area (Å²) in [5.74, 6) is 5.76. The second-order valence-electron chi connectivity index (χ2n) is 5.17. The molecule has 1 aromatic carbocycles. The van der Waals surface area contributed by atoms with Gasteiger partial charge in [-0.1, -0.05) is 43.7 Å². The summed E-state index contributed by atoms with van der Waals surface area (Å²) in [6, 6.07) is 10.9. The quantitative estimate of drug-likeness (QED) is 0.442. The number of hydrogen-bond acceptors (Lipinski definition) is 3. The van der Waals surface area contributed by atoms with Crippen LogP contribution in [-0.4, -0.2) is 19.3 Å². The first kappa shape index (κ1) is 13.5. The zero-order valence-corrected chi connectivity index (χ0v) is 11.2. The van der Waals surface area contributed by atoms with Gasteiger partial charge in [-0.3, -0.25) is 11.3 Å². The second kappa shape index (κ2) is 6.32. The first-order chi connectivity index (χ1) is 8.83. The van der Waals surface area contributed by atoms with E-state index in [1.807, 2.05) is 0 Å². The van der Waals surface area contributed by atoms with Crippen LogP contribution in [0.1, 0.15) is 38.2 Å². The fraction of sp³-hybridized carbons (Fsp3) is 0.600. The summed E-state index contributed by atoms with van der Waals surface area (Å²) < 4.78 is 5.70. The van der Waals surface area contributed by atoms with Gasteiger partial charge in [-0.15, -0.1) is 0 Å². The Kier molecular flexibility index (Phi) is 4.75. The van der Waals surface area contributed by atoms with Crippen molar-refractivity contribution in [3.63, 3.8) is 0 Å². The third-order valence-electron chi connectivity index (χ3n) is 4.10. The van der Waals surface area contributed by atoms with E-state index >= 15 is 0 Å². The van der Waals surface area contributed by atoms with Crippen molar-refractivity contribution in [2.24, 2.45) is 5.84 Å². The molecule has 0 radical (unpaired) electrons. The molecule has 0 bridgehead atoms. The van der Waals surface area contributed by atoms with Crippen LogP contribution in [0, 0.1) is 0 Å². The molecule has 0 aliphatic heterocycles. The van der Waals surface area contributed by atoms with Crippen molar-refractivity contribution in [1.29, 1.82) is 0 Å². The first-order valence-electron chi connectivity index (χ1n) is 6.93. The van der Waals surface area contributed by atoms with Gasteiger partial charge in [0.1, 0.15) is 0 Å². The minimum atomic E-state index is 0.170. The Bertz CT molecular complexity index is 349. The second-order valence-corrected chi connectivity index (χ2v) is 5.17. The van der Waals surface area contributed by atoms with Crippen LogP contribution in [0.3, 0.4) is 0 Å². The highest BCUT2D eigenvalue weighted by Crippen LogP contribution is 2.46. The number of ether oxygens (including phenoxy) is 1. The van der Waals surface area contributed by atoms with E-state index in [2.05, 4.69) is 42.7 Å². The molecule has 3 N–H and O–H groups in total. The minimum absolute atomic E-state index is 0.170. The van der Waals surface area contributed by atoms with Gasteiger partial charge in [-0.2, -0.15) is 0 Å². The van der Waals surface area contributed by atoms with Crippen LogP contribution in [0.15, 0.2) is 30.3 Å².